The van der Waals surface area contributed by atoms with Gasteiger partial charge in [-0.2, -0.15) is 0 Å². The number of amides is 1. The zero-order chi connectivity index (χ0) is 18.9. The molecule has 6 nitrogen and oxygen atoms in total. The number of nitrogens with zero attached hydrogens (tertiary/aromatic N) is 2. The maximum Gasteiger partial charge on any atom is 0.242 e. The van der Waals surface area contributed by atoms with E-state index >= 15 is 0 Å². The molecule has 2 aromatic rings. The van der Waals surface area contributed by atoms with Crippen molar-refractivity contribution in [1.82, 2.24) is 15.7 Å². The Balaban J connectivity index is 0.00000261. The summed E-state index contributed by atoms with van der Waals surface area (Å²) >= 11 is 3.11. The molecule has 1 fully saturated rings. The van der Waals surface area contributed by atoms with Crippen LogP contribution in [-0.4, -0.2) is 20.7 Å². The summed E-state index contributed by atoms with van der Waals surface area (Å²) in [7, 11) is 0. The van der Waals surface area contributed by atoms with Crippen molar-refractivity contribution in [2.45, 2.75) is 62.0 Å². The lowest BCUT2D eigenvalue weighted by atomic mass is 9.76. The molecular weight excluding hydrogens is 404 g/mol. The Bertz CT molecular complexity index is 760. The molecule has 3 atom stereocenters. The summed E-state index contributed by atoms with van der Waals surface area (Å²) in [5.74, 6) is 1.12. The van der Waals surface area contributed by atoms with Crippen molar-refractivity contribution < 1.29 is 9.21 Å². The number of aromatic nitrogens is 2. The Hall–Kier alpha value is -1.09. The van der Waals surface area contributed by atoms with E-state index in [2.05, 4.69) is 30.7 Å². The maximum atomic E-state index is 11.9. The lowest BCUT2D eigenvalue weighted by molar-refractivity contribution is -0.124. The number of halogens is 1. The molecule has 1 amide bonds. The van der Waals surface area contributed by atoms with Crippen molar-refractivity contribution in [2.75, 3.05) is 0 Å². The zero-order valence-electron chi connectivity index (χ0n) is 15.7. The highest BCUT2D eigenvalue weighted by Crippen LogP contribution is 2.46. The predicted molar refractivity (Wildman–Crippen MR) is 111 cm³/mol. The number of hydrogen-bond donors (Lipinski definition) is 1. The molecule has 0 saturated heterocycles. The van der Waals surface area contributed by atoms with Gasteiger partial charge in [-0.25, -0.2) is 9.97 Å². The molecule has 0 aliphatic heterocycles. The van der Waals surface area contributed by atoms with E-state index in [1.54, 1.807) is 35.5 Å². The molecule has 0 bridgehead atoms. The number of thiazole rings is 1. The van der Waals surface area contributed by atoms with Crippen LogP contribution in [0.5, 0.6) is 0 Å². The van der Waals surface area contributed by atoms with Crippen LogP contribution in [0.1, 0.15) is 62.6 Å². The third-order valence-corrected chi connectivity index (χ3v) is 7.06. The number of carbonyl (C=O) groups is 1. The Labute approximate surface area is 174 Å². The van der Waals surface area contributed by atoms with Crippen molar-refractivity contribution in [1.29, 1.82) is 0 Å². The van der Waals surface area contributed by atoms with Gasteiger partial charge in [0.15, 0.2) is 0 Å². The highest BCUT2D eigenvalue weighted by molar-refractivity contribution is 7.99. The first-order chi connectivity index (χ1) is 12.2. The number of thioether (sulfide) groups is 1. The average molecular weight is 430 g/mol. The van der Waals surface area contributed by atoms with Crippen LogP contribution in [-0.2, 0) is 16.0 Å². The van der Waals surface area contributed by atoms with E-state index in [0.29, 0.717) is 18.1 Å². The first-order valence-corrected chi connectivity index (χ1v) is 10.6. The topological polar surface area (TPSA) is 106 Å². The predicted octanol–water partition coefficient (Wildman–Crippen LogP) is 4.13. The fraction of sp³-hybridized carbons (Fsp3) is 0.611. The van der Waals surface area contributed by atoms with E-state index in [9.17, 15) is 4.79 Å². The quantitative estimate of drug-likeness (QED) is 0.716. The van der Waals surface area contributed by atoms with E-state index in [0.717, 1.165) is 23.6 Å². The Morgan fingerprint density at radius 2 is 2.22 bits per heavy atom. The SMILES string of the molecule is CC(C)(C)c1cnc(CSC2(N)CCC(c3nccs3)C(C([NH])=O)C2)o1.Cl. The van der Waals surface area contributed by atoms with Crippen LogP contribution in [0.15, 0.2) is 22.2 Å². The van der Waals surface area contributed by atoms with Crippen LogP contribution < -0.4 is 11.5 Å². The molecular formula is C18H26ClN4O2S2. The van der Waals surface area contributed by atoms with Gasteiger partial charge >= 0.3 is 0 Å². The summed E-state index contributed by atoms with van der Waals surface area (Å²) in [5, 5.41) is 2.85. The molecule has 2 aromatic heterocycles. The van der Waals surface area contributed by atoms with Crippen molar-refractivity contribution >= 4 is 41.4 Å². The van der Waals surface area contributed by atoms with Gasteiger partial charge in [-0.1, -0.05) is 20.8 Å². The van der Waals surface area contributed by atoms with Crippen LogP contribution >= 0.6 is 35.5 Å². The van der Waals surface area contributed by atoms with Crippen LogP contribution in [0.3, 0.4) is 0 Å². The van der Waals surface area contributed by atoms with Gasteiger partial charge in [0.1, 0.15) is 5.76 Å². The highest BCUT2D eigenvalue weighted by Gasteiger charge is 2.43. The number of hydrogen-bond acceptors (Lipinski definition) is 7. The van der Waals surface area contributed by atoms with Gasteiger partial charge in [-0.3, -0.25) is 10.5 Å². The molecule has 9 heteroatoms. The zero-order valence-corrected chi connectivity index (χ0v) is 18.2. The first-order valence-electron chi connectivity index (χ1n) is 8.71. The molecule has 3 unspecified atom stereocenters. The van der Waals surface area contributed by atoms with E-state index in [1.165, 1.54) is 0 Å². The molecule has 1 aliphatic rings. The molecule has 2 heterocycles. The van der Waals surface area contributed by atoms with Gasteiger partial charge in [0.05, 0.1) is 27.7 Å². The van der Waals surface area contributed by atoms with Gasteiger partial charge in [0.2, 0.25) is 11.8 Å². The number of oxazole rings is 1. The normalized spacial score (nSPS) is 25.8. The minimum absolute atomic E-state index is 0. The van der Waals surface area contributed by atoms with Crippen LogP contribution in [0.4, 0.5) is 0 Å². The molecule has 3 rings (SSSR count). The van der Waals surface area contributed by atoms with Crippen molar-refractivity contribution in [3.05, 3.63) is 34.4 Å². The third-order valence-electron chi connectivity index (χ3n) is 4.81. The second-order valence-corrected chi connectivity index (χ2v) is 10.2. The Kier molecular flexibility index (Phi) is 7.00. The first kappa shape index (κ1) is 22.2. The van der Waals surface area contributed by atoms with E-state index in [1.807, 2.05) is 5.38 Å². The summed E-state index contributed by atoms with van der Waals surface area (Å²) < 4.78 is 5.84. The van der Waals surface area contributed by atoms with Crippen LogP contribution in [0, 0.1) is 5.92 Å². The fourth-order valence-electron chi connectivity index (χ4n) is 3.27. The molecule has 1 radical (unpaired) electrons. The number of nitrogens with two attached hydrogens (primary N) is 1. The Morgan fingerprint density at radius 1 is 1.48 bits per heavy atom. The minimum Gasteiger partial charge on any atom is -0.444 e. The van der Waals surface area contributed by atoms with Gasteiger partial charge in [0.25, 0.3) is 0 Å². The van der Waals surface area contributed by atoms with Crippen molar-refractivity contribution in [3.8, 4) is 0 Å². The molecule has 1 saturated carbocycles. The van der Waals surface area contributed by atoms with Gasteiger partial charge in [-0.15, -0.1) is 35.5 Å². The lowest BCUT2D eigenvalue weighted by Gasteiger charge is -2.39. The monoisotopic (exact) mass is 429 g/mol. The fourth-order valence-corrected chi connectivity index (χ4v) is 5.21. The largest absolute Gasteiger partial charge is 0.444 e. The number of carbonyl (C=O) groups excluding carboxylic acids is 1. The second-order valence-electron chi connectivity index (χ2n) is 7.91. The standard InChI is InChI=1S/C18H25N4O2S2.ClH/c1-17(2,3)13-9-22-14(24-13)10-26-18(20)5-4-11(12(8-18)15(19)23)16-21-6-7-25-16;/h6-7,9,11-12,19H,4-5,8,10,20H2,1-3H3;1H. The summed E-state index contributed by atoms with van der Waals surface area (Å²) in [4.78, 5) is 20.1. The maximum absolute atomic E-state index is 11.9. The van der Waals surface area contributed by atoms with Crippen molar-refractivity contribution in [3.63, 3.8) is 0 Å². The summed E-state index contributed by atoms with van der Waals surface area (Å²) in [6.45, 7) is 6.25. The van der Waals surface area contributed by atoms with Crippen molar-refractivity contribution in [2.24, 2.45) is 11.7 Å². The number of nitrogens with one attached hydrogen (secondary N) is 1. The van der Waals surface area contributed by atoms with E-state index in [-0.39, 0.29) is 23.7 Å². The second kappa shape index (κ2) is 8.51. The number of rotatable bonds is 5. The molecule has 0 aromatic carbocycles. The Morgan fingerprint density at radius 3 is 2.78 bits per heavy atom. The summed E-state index contributed by atoms with van der Waals surface area (Å²) in [6, 6.07) is 0. The third kappa shape index (κ3) is 5.25. The van der Waals surface area contributed by atoms with Gasteiger partial charge < -0.3 is 10.2 Å². The highest BCUT2D eigenvalue weighted by atomic mass is 35.5. The summed E-state index contributed by atoms with van der Waals surface area (Å²) in [5.41, 5.74) is 14.2. The average Bonchev–Trinajstić information content (AvgIpc) is 3.24. The van der Waals surface area contributed by atoms with E-state index < -0.39 is 16.7 Å². The summed E-state index contributed by atoms with van der Waals surface area (Å²) in [6.07, 6.45) is 5.55. The van der Waals surface area contributed by atoms with E-state index in [4.69, 9.17) is 15.9 Å². The lowest BCUT2D eigenvalue weighted by Crippen LogP contribution is -2.45. The molecule has 1 aliphatic carbocycles. The van der Waals surface area contributed by atoms with Crippen LogP contribution in [0.25, 0.3) is 0 Å². The smallest absolute Gasteiger partial charge is 0.242 e. The van der Waals surface area contributed by atoms with Gasteiger partial charge in [0, 0.05) is 22.9 Å². The van der Waals surface area contributed by atoms with Gasteiger partial charge in [-0.05, 0) is 19.3 Å². The minimum atomic E-state index is -0.550. The molecule has 3 N–H and O–H groups in total. The molecule has 27 heavy (non-hydrogen) atoms. The van der Waals surface area contributed by atoms with Crippen LogP contribution in [0.2, 0.25) is 0 Å². The molecule has 149 valence electrons. The molecule has 0 spiro atoms.